The second-order valence-electron chi connectivity index (χ2n) is 7.25. The minimum atomic E-state index is -0.515. The average Bonchev–Trinajstić information content (AvgIpc) is 2.90. The van der Waals surface area contributed by atoms with Gasteiger partial charge in [0.25, 0.3) is 5.56 Å². The van der Waals surface area contributed by atoms with Gasteiger partial charge in [-0.1, -0.05) is 35.9 Å². The van der Waals surface area contributed by atoms with Gasteiger partial charge in [0.1, 0.15) is 11.3 Å². The molecule has 2 heterocycles. The summed E-state index contributed by atoms with van der Waals surface area (Å²) < 4.78 is 1.47. The molecule has 0 saturated carbocycles. The third kappa shape index (κ3) is 3.25. The molecular weight excluding hydrogens is 368 g/mol. The van der Waals surface area contributed by atoms with Crippen molar-refractivity contribution in [2.24, 2.45) is 7.05 Å². The fourth-order valence-corrected chi connectivity index (χ4v) is 3.68. The molecule has 2 aromatic carbocycles. The topological polar surface area (TPSA) is 95.4 Å². The van der Waals surface area contributed by atoms with Crippen molar-refractivity contribution in [3.8, 4) is 5.75 Å². The summed E-state index contributed by atoms with van der Waals surface area (Å²) in [6, 6.07) is 12.2. The number of amides is 2. The van der Waals surface area contributed by atoms with E-state index in [9.17, 15) is 14.7 Å². The maximum atomic E-state index is 13.1. The SMILES string of the molecule is Cc1ccc(C)c([C@@H]2C=C(c3c(O)c4ccccc4n(C)c3=O)NC(=O)NN2)c1. The van der Waals surface area contributed by atoms with Gasteiger partial charge in [-0.25, -0.2) is 10.2 Å². The van der Waals surface area contributed by atoms with Crippen molar-refractivity contribution in [2.45, 2.75) is 19.9 Å². The Morgan fingerprint density at radius 2 is 1.83 bits per heavy atom. The first-order valence-electron chi connectivity index (χ1n) is 9.29. The van der Waals surface area contributed by atoms with Crippen molar-refractivity contribution in [1.82, 2.24) is 20.7 Å². The molecule has 0 saturated heterocycles. The third-order valence-corrected chi connectivity index (χ3v) is 5.24. The van der Waals surface area contributed by atoms with Gasteiger partial charge in [-0.3, -0.25) is 10.2 Å². The summed E-state index contributed by atoms with van der Waals surface area (Å²) in [5, 5.41) is 14.1. The third-order valence-electron chi connectivity index (χ3n) is 5.24. The number of hydrogen-bond donors (Lipinski definition) is 4. The minimum Gasteiger partial charge on any atom is -0.506 e. The number of carbonyl (C=O) groups is 1. The molecule has 4 rings (SSSR count). The lowest BCUT2D eigenvalue weighted by Gasteiger charge is -2.17. The fraction of sp³-hybridized carbons (Fsp3) is 0.182. The highest BCUT2D eigenvalue weighted by Crippen LogP contribution is 2.31. The summed E-state index contributed by atoms with van der Waals surface area (Å²) in [6.45, 7) is 3.97. The number of nitrogens with zero attached hydrogens (tertiary/aromatic N) is 1. The lowest BCUT2D eigenvalue weighted by molar-refractivity contribution is 0.240. The number of para-hydroxylation sites is 1. The Labute approximate surface area is 167 Å². The number of carbonyl (C=O) groups excluding carboxylic acids is 1. The lowest BCUT2D eigenvalue weighted by atomic mass is 9.97. The van der Waals surface area contributed by atoms with Crippen LogP contribution >= 0.6 is 0 Å². The van der Waals surface area contributed by atoms with E-state index in [0.29, 0.717) is 10.9 Å². The van der Waals surface area contributed by atoms with Crippen LogP contribution in [0.1, 0.15) is 28.3 Å². The molecule has 29 heavy (non-hydrogen) atoms. The first kappa shape index (κ1) is 18.8. The highest BCUT2D eigenvalue weighted by Gasteiger charge is 2.24. The largest absolute Gasteiger partial charge is 0.506 e. The molecule has 3 aromatic rings. The second-order valence-corrected chi connectivity index (χ2v) is 7.25. The Morgan fingerprint density at radius 1 is 1.07 bits per heavy atom. The monoisotopic (exact) mass is 390 g/mol. The van der Waals surface area contributed by atoms with Crippen LogP contribution in [0.15, 0.2) is 53.3 Å². The number of rotatable bonds is 2. The number of urea groups is 1. The standard InChI is InChI=1S/C22H22N4O3/c1-12-8-9-13(2)15(10-12)16-11-17(23-22(29)25-24-16)19-20(27)14-6-4-5-7-18(14)26(3)21(19)28/h4-11,16,24,27H,1-3H3,(H2,23,25,29)/t16-/m0/s1. The zero-order chi connectivity index (χ0) is 20.7. The molecule has 0 spiro atoms. The second kappa shape index (κ2) is 7.10. The highest BCUT2D eigenvalue weighted by atomic mass is 16.3. The Morgan fingerprint density at radius 3 is 2.62 bits per heavy atom. The predicted octanol–water partition coefficient (Wildman–Crippen LogP) is 2.76. The van der Waals surface area contributed by atoms with E-state index in [4.69, 9.17) is 0 Å². The Balaban J connectivity index is 1.95. The molecule has 4 N–H and O–H groups in total. The highest BCUT2D eigenvalue weighted by molar-refractivity contribution is 5.94. The summed E-state index contributed by atoms with van der Waals surface area (Å²) in [5.41, 5.74) is 9.17. The van der Waals surface area contributed by atoms with Gasteiger partial charge in [0.15, 0.2) is 0 Å². The quantitative estimate of drug-likeness (QED) is 0.541. The van der Waals surface area contributed by atoms with E-state index in [1.165, 1.54) is 4.57 Å². The van der Waals surface area contributed by atoms with Crippen LogP contribution in [0.25, 0.3) is 16.6 Å². The van der Waals surface area contributed by atoms with Crippen LogP contribution in [0.3, 0.4) is 0 Å². The van der Waals surface area contributed by atoms with E-state index < -0.39 is 11.6 Å². The normalized spacial score (nSPS) is 16.7. The summed E-state index contributed by atoms with van der Waals surface area (Å²) in [5.74, 6) is -0.156. The molecule has 148 valence electrons. The van der Waals surface area contributed by atoms with Crippen LogP contribution in [-0.4, -0.2) is 15.7 Å². The molecule has 0 radical (unpaired) electrons. The predicted molar refractivity (Wildman–Crippen MR) is 112 cm³/mol. The molecule has 7 heteroatoms. The van der Waals surface area contributed by atoms with E-state index in [1.54, 1.807) is 37.4 Å². The molecule has 0 aliphatic carbocycles. The Hall–Kier alpha value is -3.58. The maximum Gasteiger partial charge on any atom is 0.333 e. The molecule has 7 nitrogen and oxygen atoms in total. The number of aromatic nitrogens is 1. The van der Waals surface area contributed by atoms with Gasteiger partial charge >= 0.3 is 6.03 Å². The molecule has 0 unspecified atom stereocenters. The molecule has 0 fully saturated rings. The minimum absolute atomic E-state index is 0.0559. The number of benzene rings is 2. The Kier molecular flexibility index (Phi) is 4.60. The van der Waals surface area contributed by atoms with Gasteiger partial charge < -0.3 is 15.0 Å². The molecule has 2 amide bonds. The number of hydrogen-bond acceptors (Lipinski definition) is 4. The van der Waals surface area contributed by atoms with E-state index in [0.717, 1.165) is 16.7 Å². The van der Waals surface area contributed by atoms with Gasteiger partial charge in [-0.2, -0.15) is 0 Å². The average molecular weight is 390 g/mol. The summed E-state index contributed by atoms with van der Waals surface area (Å²) in [6.07, 6.45) is 1.74. The maximum absolute atomic E-state index is 13.1. The number of aryl methyl sites for hydroxylation is 3. The molecular formula is C22H22N4O3. The van der Waals surface area contributed by atoms with Gasteiger partial charge in [-0.15, -0.1) is 0 Å². The number of nitrogens with one attached hydrogen (secondary N) is 3. The molecule has 1 aromatic heterocycles. The van der Waals surface area contributed by atoms with Crippen LogP contribution < -0.4 is 21.7 Å². The van der Waals surface area contributed by atoms with Crippen molar-refractivity contribution in [1.29, 1.82) is 0 Å². The van der Waals surface area contributed by atoms with E-state index >= 15 is 0 Å². The van der Waals surface area contributed by atoms with Crippen molar-refractivity contribution in [3.05, 3.63) is 81.1 Å². The van der Waals surface area contributed by atoms with Crippen molar-refractivity contribution in [3.63, 3.8) is 0 Å². The molecule has 1 aliphatic rings. The van der Waals surface area contributed by atoms with E-state index in [-0.39, 0.29) is 23.1 Å². The van der Waals surface area contributed by atoms with Crippen molar-refractivity contribution >= 4 is 22.6 Å². The molecule has 0 bridgehead atoms. The van der Waals surface area contributed by atoms with Crippen molar-refractivity contribution in [2.75, 3.05) is 0 Å². The van der Waals surface area contributed by atoms with Gasteiger partial charge in [-0.05, 0) is 43.2 Å². The number of fused-ring (bicyclic) bond motifs is 1. The van der Waals surface area contributed by atoms with Crippen LogP contribution in [0.5, 0.6) is 5.75 Å². The van der Waals surface area contributed by atoms with E-state index in [2.05, 4.69) is 16.2 Å². The summed E-state index contributed by atoms with van der Waals surface area (Å²) in [4.78, 5) is 25.3. The van der Waals surface area contributed by atoms with Crippen LogP contribution in [0, 0.1) is 13.8 Å². The first-order chi connectivity index (χ1) is 13.9. The number of hydrazine groups is 1. The summed E-state index contributed by atoms with van der Waals surface area (Å²) in [7, 11) is 1.64. The Bertz CT molecular complexity index is 1230. The molecule has 1 aliphatic heterocycles. The molecule has 1 atom stereocenters. The first-order valence-corrected chi connectivity index (χ1v) is 9.29. The van der Waals surface area contributed by atoms with Gasteiger partial charge in [0.05, 0.1) is 17.3 Å². The van der Waals surface area contributed by atoms with Gasteiger partial charge in [0, 0.05) is 12.4 Å². The fourth-order valence-electron chi connectivity index (χ4n) is 3.68. The zero-order valence-electron chi connectivity index (χ0n) is 16.4. The number of pyridine rings is 1. The number of aromatic hydroxyl groups is 1. The van der Waals surface area contributed by atoms with Crippen molar-refractivity contribution < 1.29 is 9.90 Å². The smallest absolute Gasteiger partial charge is 0.333 e. The van der Waals surface area contributed by atoms with Crippen LogP contribution in [0.4, 0.5) is 4.79 Å². The van der Waals surface area contributed by atoms with Gasteiger partial charge in [0.2, 0.25) is 0 Å². The van der Waals surface area contributed by atoms with Crippen LogP contribution in [-0.2, 0) is 7.05 Å². The van der Waals surface area contributed by atoms with Crippen LogP contribution in [0.2, 0.25) is 0 Å². The zero-order valence-corrected chi connectivity index (χ0v) is 16.4. The summed E-state index contributed by atoms with van der Waals surface area (Å²) >= 11 is 0. The van der Waals surface area contributed by atoms with E-state index in [1.807, 2.05) is 32.0 Å². The lowest BCUT2D eigenvalue weighted by Crippen LogP contribution is -2.42.